The summed E-state index contributed by atoms with van der Waals surface area (Å²) in [5, 5.41) is 0. The number of carbonyl (C=O) groups excluding carboxylic acids is 1. The quantitative estimate of drug-likeness (QED) is 0.789. The van der Waals surface area contributed by atoms with E-state index in [9.17, 15) is 9.18 Å². The number of nitrogens with two attached hydrogens (primary N) is 1. The van der Waals surface area contributed by atoms with Crippen LogP contribution in [-0.4, -0.2) is 43.7 Å². The summed E-state index contributed by atoms with van der Waals surface area (Å²) in [7, 11) is 1.63. The summed E-state index contributed by atoms with van der Waals surface area (Å²) in [4.78, 5) is 14.4. The number of carbonyl (C=O) groups is 1. The average Bonchev–Trinajstić information content (AvgIpc) is 2.70. The van der Waals surface area contributed by atoms with E-state index in [2.05, 4.69) is 0 Å². The third kappa shape index (κ3) is 5.44. The van der Waals surface area contributed by atoms with Gasteiger partial charge in [-0.05, 0) is 61.7 Å². The number of rotatable bonds is 6. The molecule has 0 radical (unpaired) electrons. The van der Waals surface area contributed by atoms with Crippen molar-refractivity contribution in [2.24, 2.45) is 5.73 Å². The molecule has 5 nitrogen and oxygen atoms in total. The molecule has 28 heavy (non-hydrogen) atoms. The van der Waals surface area contributed by atoms with Gasteiger partial charge in [0.1, 0.15) is 17.3 Å². The van der Waals surface area contributed by atoms with E-state index in [1.807, 2.05) is 24.3 Å². The summed E-state index contributed by atoms with van der Waals surface area (Å²) in [6.45, 7) is 1.67. The van der Waals surface area contributed by atoms with E-state index in [4.69, 9.17) is 15.2 Å². The van der Waals surface area contributed by atoms with Crippen LogP contribution in [0.25, 0.3) is 0 Å². The third-order valence-corrected chi connectivity index (χ3v) is 4.76. The van der Waals surface area contributed by atoms with Crippen LogP contribution in [0.5, 0.6) is 11.5 Å². The van der Waals surface area contributed by atoms with Crippen molar-refractivity contribution in [2.45, 2.75) is 25.4 Å². The number of benzene rings is 2. The van der Waals surface area contributed by atoms with Gasteiger partial charge < -0.3 is 20.1 Å². The Morgan fingerprint density at radius 3 is 2.61 bits per heavy atom. The molecule has 1 unspecified atom stereocenters. The number of piperidine rings is 1. The van der Waals surface area contributed by atoms with E-state index in [0.29, 0.717) is 31.1 Å². The highest BCUT2D eigenvalue weighted by atomic mass is 35.5. The molecular weight excluding hydrogens is 383 g/mol. The molecule has 1 saturated heterocycles. The maximum Gasteiger partial charge on any atom is 0.257 e. The first kappa shape index (κ1) is 22.1. The molecule has 2 aromatic carbocycles. The summed E-state index contributed by atoms with van der Waals surface area (Å²) in [5.74, 6) is 0.160. The zero-order valence-electron chi connectivity index (χ0n) is 15.9. The predicted octanol–water partition coefficient (Wildman–Crippen LogP) is 3.79. The van der Waals surface area contributed by atoms with Gasteiger partial charge in [-0.1, -0.05) is 12.1 Å². The van der Waals surface area contributed by atoms with Gasteiger partial charge in [-0.3, -0.25) is 4.79 Å². The van der Waals surface area contributed by atoms with Crippen LogP contribution in [0.15, 0.2) is 42.5 Å². The first-order chi connectivity index (χ1) is 13.1. The van der Waals surface area contributed by atoms with Gasteiger partial charge in [0.15, 0.2) is 0 Å². The molecule has 0 aromatic heterocycles. The molecule has 1 atom stereocenters. The van der Waals surface area contributed by atoms with Gasteiger partial charge in [0.05, 0.1) is 11.7 Å². The van der Waals surface area contributed by atoms with E-state index >= 15 is 0 Å². The summed E-state index contributed by atoms with van der Waals surface area (Å²) in [6, 6.07) is 11.8. The molecule has 0 spiro atoms. The smallest absolute Gasteiger partial charge is 0.257 e. The molecule has 0 aliphatic carbocycles. The SMILES string of the molecule is COC1CCCN(C(=O)c2cc(Oc3ccc(CCN)cc3)ccc2F)C1.Cl. The van der Waals surface area contributed by atoms with Gasteiger partial charge in [0.2, 0.25) is 0 Å². The normalized spacial score (nSPS) is 16.4. The van der Waals surface area contributed by atoms with Crippen molar-refractivity contribution in [1.82, 2.24) is 4.90 Å². The second-order valence-corrected chi connectivity index (χ2v) is 6.68. The van der Waals surface area contributed by atoms with Crippen LogP contribution in [0.2, 0.25) is 0 Å². The Bertz CT molecular complexity index is 786. The lowest BCUT2D eigenvalue weighted by molar-refractivity contribution is 0.0266. The van der Waals surface area contributed by atoms with E-state index in [-0.39, 0.29) is 30.0 Å². The zero-order valence-corrected chi connectivity index (χ0v) is 16.7. The largest absolute Gasteiger partial charge is 0.457 e. The summed E-state index contributed by atoms with van der Waals surface area (Å²) in [6.07, 6.45) is 2.55. The number of amides is 1. The highest BCUT2D eigenvalue weighted by Crippen LogP contribution is 2.26. The number of methoxy groups -OCH3 is 1. The molecule has 1 aliphatic heterocycles. The van der Waals surface area contributed by atoms with Gasteiger partial charge in [-0.15, -0.1) is 12.4 Å². The second kappa shape index (κ2) is 10.4. The fourth-order valence-electron chi connectivity index (χ4n) is 3.24. The molecule has 1 fully saturated rings. The van der Waals surface area contributed by atoms with Crippen LogP contribution in [0.3, 0.4) is 0 Å². The molecule has 7 heteroatoms. The monoisotopic (exact) mass is 408 g/mol. The zero-order chi connectivity index (χ0) is 19.2. The third-order valence-electron chi connectivity index (χ3n) is 4.76. The molecule has 1 aliphatic rings. The summed E-state index contributed by atoms with van der Waals surface area (Å²) in [5.41, 5.74) is 6.69. The van der Waals surface area contributed by atoms with Gasteiger partial charge >= 0.3 is 0 Å². The fourth-order valence-corrected chi connectivity index (χ4v) is 3.24. The predicted molar refractivity (Wildman–Crippen MR) is 109 cm³/mol. The van der Waals surface area contributed by atoms with Gasteiger partial charge in [-0.2, -0.15) is 0 Å². The second-order valence-electron chi connectivity index (χ2n) is 6.68. The highest BCUT2D eigenvalue weighted by molar-refractivity contribution is 5.95. The summed E-state index contributed by atoms with van der Waals surface area (Å²) >= 11 is 0. The molecule has 1 heterocycles. The lowest BCUT2D eigenvalue weighted by Gasteiger charge is -2.32. The van der Waals surface area contributed by atoms with Gasteiger partial charge in [0, 0.05) is 20.2 Å². The first-order valence-electron chi connectivity index (χ1n) is 9.19. The Kier molecular flexibility index (Phi) is 8.23. The number of halogens is 2. The van der Waals surface area contributed by atoms with Gasteiger partial charge in [-0.25, -0.2) is 4.39 Å². The van der Waals surface area contributed by atoms with E-state index in [1.54, 1.807) is 12.0 Å². The van der Waals surface area contributed by atoms with Crippen LogP contribution >= 0.6 is 12.4 Å². The Labute approximate surface area is 171 Å². The van der Waals surface area contributed by atoms with Crippen LogP contribution in [0.4, 0.5) is 4.39 Å². The topological polar surface area (TPSA) is 64.8 Å². The minimum absolute atomic E-state index is 0. The molecule has 3 rings (SSSR count). The number of hydrogen-bond donors (Lipinski definition) is 1. The molecule has 0 bridgehead atoms. The first-order valence-corrected chi connectivity index (χ1v) is 9.19. The van der Waals surface area contributed by atoms with E-state index in [1.165, 1.54) is 18.2 Å². The highest BCUT2D eigenvalue weighted by Gasteiger charge is 2.26. The van der Waals surface area contributed by atoms with Crippen molar-refractivity contribution >= 4 is 18.3 Å². The standard InChI is InChI=1S/C21H25FN2O3.ClH/c1-26-18-3-2-12-24(14-18)21(25)19-13-17(8-9-20(19)22)27-16-6-4-15(5-7-16)10-11-23;/h4-9,13,18H,2-3,10-12,14,23H2,1H3;1H. The Morgan fingerprint density at radius 2 is 1.93 bits per heavy atom. The van der Waals surface area contributed by atoms with Crippen molar-refractivity contribution < 1.29 is 18.7 Å². The average molecular weight is 409 g/mol. The molecule has 0 saturated carbocycles. The number of nitrogens with zero attached hydrogens (tertiary/aromatic N) is 1. The van der Waals surface area contributed by atoms with Crippen molar-refractivity contribution in [3.05, 3.63) is 59.4 Å². The minimum Gasteiger partial charge on any atom is -0.457 e. The minimum atomic E-state index is -0.551. The number of hydrogen-bond acceptors (Lipinski definition) is 4. The van der Waals surface area contributed by atoms with Crippen LogP contribution in [-0.2, 0) is 11.2 Å². The maximum atomic E-state index is 14.3. The number of ether oxygens (including phenoxy) is 2. The van der Waals surface area contributed by atoms with Crippen LogP contribution in [0.1, 0.15) is 28.8 Å². The Balaban J connectivity index is 0.00000280. The van der Waals surface area contributed by atoms with Crippen molar-refractivity contribution in [2.75, 3.05) is 26.7 Å². The molecule has 152 valence electrons. The van der Waals surface area contributed by atoms with Crippen molar-refractivity contribution in [3.63, 3.8) is 0 Å². The van der Waals surface area contributed by atoms with E-state index < -0.39 is 5.82 Å². The lowest BCUT2D eigenvalue weighted by atomic mass is 10.1. The summed E-state index contributed by atoms with van der Waals surface area (Å²) < 4.78 is 25.4. The fraction of sp³-hybridized carbons (Fsp3) is 0.381. The van der Waals surface area contributed by atoms with E-state index in [0.717, 1.165) is 24.8 Å². The molecular formula is C21H26ClFN2O3. The Hall–Kier alpha value is -2.15. The van der Waals surface area contributed by atoms with Gasteiger partial charge in [0.25, 0.3) is 5.91 Å². The lowest BCUT2D eigenvalue weighted by Crippen LogP contribution is -2.43. The van der Waals surface area contributed by atoms with Crippen molar-refractivity contribution in [1.29, 1.82) is 0 Å². The van der Waals surface area contributed by atoms with Crippen molar-refractivity contribution in [3.8, 4) is 11.5 Å². The van der Waals surface area contributed by atoms with Crippen LogP contribution < -0.4 is 10.5 Å². The maximum absolute atomic E-state index is 14.3. The molecule has 1 amide bonds. The van der Waals surface area contributed by atoms with Crippen LogP contribution in [0, 0.1) is 5.82 Å². The molecule has 2 aromatic rings. The molecule has 2 N–H and O–H groups in total. The Morgan fingerprint density at radius 1 is 1.21 bits per heavy atom. The number of likely N-dealkylation sites (tertiary alicyclic amines) is 1.